The van der Waals surface area contributed by atoms with Gasteiger partial charge >= 0.3 is 0 Å². The maximum Gasteiger partial charge on any atom is 0.224 e. The predicted octanol–water partition coefficient (Wildman–Crippen LogP) is 4.26. The number of Topliss-reactive ketones (excluding diaryl/α,β-unsaturated/α-hetero) is 1. The number of halogens is 1. The van der Waals surface area contributed by atoms with Gasteiger partial charge in [0, 0.05) is 24.9 Å². The first-order valence-corrected chi connectivity index (χ1v) is 7.66. The van der Waals surface area contributed by atoms with E-state index in [4.69, 9.17) is 0 Å². The second kappa shape index (κ2) is 9.27. The Morgan fingerprint density at radius 1 is 1.05 bits per heavy atom. The molecule has 0 atom stereocenters. The quantitative estimate of drug-likeness (QED) is 0.692. The van der Waals surface area contributed by atoms with Gasteiger partial charge in [0.2, 0.25) is 5.91 Å². The summed E-state index contributed by atoms with van der Waals surface area (Å²) < 4.78 is 13.5. The highest BCUT2D eigenvalue weighted by Gasteiger charge is 2.04. The van der Waals surface area contributed by atoms with E-state index < -0.39 is 0 Å². The largest absolute Gasteiger partial charge is 0.326 e. The SMILES string of the molecule is CCC(=O)CCCCCc1cc(F)cc(NC(=O)CC)c1. The van der Waals surface area contributed by atoms with Crippen LogP contribution in [0.15, 0.2) is 18.2 Å². The number of nitrogens with one attached hydrogen (secondary N) is 1. The van der Waals surface area contributed by atoms with Crippen LogP contribution in [0.1, 0.15) is 57.9 Å². The second-order valence-corrected chi connectivity index (χ2v) is 5.20. The molecular weight excluding hydrogens is 269 g/mol. The first-order valence-electron chi connectivity index (χ1n) is 7.66. The molecule has 0 bridgehead atoms. The minimum atomic E-state index is -0.333. The van der Waals surface area contributed by atoms with E-state index in [0.717, 1.165) is 31.2 Å². The zero-order valence-corrected chi connectivity index (χ0v) is 12.9. The molecule has 0 aliphatic heterocycles. The number of anilines is 1. The first-order chi connectivity index (χ1) is 10.0. The minimum Gasteiger partial charge on any atom is -0.326 e. The second-order valence-electron chi connectivity index (χ2n) is 5.20. The Morgan fingerprint density at radius 2 is 1.81 bits per heavy atom. The van der Waals surface area contributed by atoms with Gasteiger partial charge in [-0.15, -0.1) is 0 Å². The molecule has 21 heavy (non-hydrogen) atoms. The summed E-state index contributed by atoms with van der Waals surface area (Å²) in [6.45, 7) is 3.63. The lowest BCUT2D eigenvalue weighted by molar-refractivity contribution is -0.119. The number of benzene rings is 1. The van der Waals surface area contributed by atoms with Crippen LogP contribution in [0.2, 0.25) is 0 Å². The third-order valence-electron chi connectivity index (χ3n) is 3.38. The van der Waals surface area contributed by atoms with Crippen LogP contribution in [0.3, 0.4) is 0 Å². The fourth-order valence-electron chi connectivity index (χ4n) is 2.12. The van der Waals surface area contributed by atoms with Gasteiger partial charge in [0.15, 0.2) is 0 Å². The lowest BCUT2D eigenvalue weighted by Gasteiger charge is -2.07. The molecular formula is C17H24FNO2. The van der Waals surface area contributed by atoms with Crippen LogP contribution in [0, 0.1) is 5.82 Å². The van der Waals surface area contributed by atoms with E-state index in [9.17, 15) is 14.0 Å². The van der Waals surface area contributed by atoms with Gasteiger partial charge in [-0.05, 0) is 43.0 Å². The highest BCUT2D eigenvalue weighted by molar-refractivity contribution is 5.90. The van der Waals surface area contributed by atoms with Gasteiger partial charge in [0.05, 0.1) is 0 Å². The Balaban J connectivity index is 2.44. The highest BCUT2D eigenvalue weighted by atomic mass is 19.1. The van der Waals surface area contributed by atoms with Gasteiger partial charge in [0.1, 0.15) is 11.6 Å². The molecule has 3 nitrogen and oxygen atoms in total. The Labute approximate surface area is 125 Å². The highest BCUT2D eigenvalue weighted by Crippen LogP contribution is 2.17. The molecule has 0 fully saturated rings. The van der Waals surface area contributed by atoms with E-state index in [-0.39, 0.29) is 11.7 Å². The molecule has 1 aromatic carbocycles. The van der Waals surface area contributed by atoms with Crippen LogP contribution in [0.5, 0.6) is 0 Å². The van der Waals surface area contributed by atoms with E-state index in [1.165, 1.54) is 12.1 Å². The molecule has 4 heteroatoms. The summed E-state index contributed by atoms with van der Waals surface area (Å²) >= 11 is 0. The topological polar surface area (TPSA) is 46.2 Å². The van der Waals surface area contributed by atoms with Crippen molar-refractivity contribution in [3.8, 4) is 0 Å². The van der Waals surface area contributed by atoms with Crippen molar-refractivity contribution in [2.45, 2.75) is 58.8 Å². The number of rotatable bonds is 9. The molecule has 0 aliphatic rings. The van der Waals surface area contributed by atoms with Crippen molar-refractivity contribution in [2.24, 2.45) is 0 Å². The number of carbonyl (C=O) groups excluding carboxylic acids is 2. The molecule has 0 aliphatic carbocycles. The summed E-state index contributed by atoms with van der Waals surface area (Å²) in [5, 5.41) is 2.67. The van der Waals surface area contributed by atoms with Crippen molar-refractivity contribution in [1.29, 1.82) is 0 Å². The van der Waals surface area contributed by atoms with E-state index in [1.807, 2.05) is 13.0 Å². The van der Waals surface area contributed by atoms with Crippen LogP contribution < -0.4 is 5.32 Å². The van der Waals surface area contributed by atoms with Crippen LogP contribution in [0.25, 0.3) is 0 Å². The lowest BCUT2D eigenvalue weighted by atomic mass is 10.0. The minimum absolute atomic E-state index is 0.121. The molecule has 0 aromatic heterocycles. The van der Waals surface area contributed by atoms with E-state index >= 15 is 0 Å². The number of unbranched alkanes of at least 4 members (excludes halogenated alkanes) is 2. The summed E-state index contributed by atoms with van der Waals surface area (Å²) in [6, 6.07) is 4.64. The Morgan fingerprint density at radius 3 is 2.48 bits per heavy atom. The van der Waals surface area contributed by atoms with Crippen LogP contribution >= 0.6 is 0 Å². The number of carbonyl (C=O) groups is 2. The molecule has 0 spiro atoms. The Bertz CT molecular complexity index is 486. The molecule has 116 valence electrons. The van der Waals surface area contributed by atoms with Gasteiger partial charge in [0.25, 0.3) is 0 Å². The Hall–Kier alpha value is -1.71. The fourth-order valence-corrected chi connectivity index (χ4v) is 2.12. The van der Waals surface area contributed by atoms with E-state index in [0.29, 0.717) is 30.7 Å². The lowest BCUT2D eigenvalue weighted by Crippen LogP contribution is -2.09. The third kappa shape index (κ3) is 7.02. The summed E-state index contributed by atoms with van der Waals surface area (Å²) in [5.74, 6) is -0.157. The molecule has 0 unspecified atom stereocenters. The maximum atomic E-state index is 13.5. The fraction of sp³-hybridized carbons (Fsp3) is 0.529. The zero-order valence-electron chi connectivity index (χ0n) is 12.9. The van der Waals surface area contributed by atoms with Crippen LogP contribution in [0.4, 0.5) is 10.1 Å². The number of amides is 1. The van der Waals surface area contributed by atoms with Crippen LogP contribution in [-0.2, 0) is 16.0 Å². The number of hydrogen-bond donors (Lipinski definition) is 1. The van der Waals surface area contributed by atoms with Gasteiger partial charge < -0.3 is 5.32 Å². The van der Waals surface area contributed by atoms with Gasteiger partial charge in [-0.2, -0.15) is 0 Å². The first kappa shape index (κ1) is 17.3. The summed E-state index contributed by atoms with van der Waals surface area (Å²) in [7, 11) is 0. The molecule has 0 saturated heterocycles. The molecule has 0 radical (unpaired) electrons. The average molecular weight is 293 g/mol. The molecule has 0 heterocycles. The van der Waals surface area contributed by atoms with E-state index in [1.54, 1.807) is 6.92 Å². The van der Waals surface area contributed by atoms with Gasteiger partial charge in [-0.3, -0.25) is 9.59 Å². The third-order valence-corrected chi connectivity index (χ3v) is 3.38. The molecule has 1 rings (SSSR count). The molecule has 1 aromatic rings. The Kier molecular flexibility index (Phi) is 7.65. The van der Waals surface area contributed by atoms with Gasteiger partial charge in [-0.1, -0.05) is 20.3 Å². The summed E-state index contributed by atoms with van der Waals surface area (Å²) in [5.41, 5.74) is 1.39. The maximum absolute atomic E-state index is 13.5. The summed E-state index contributed by atoms with van der Waals surface area (Å²) in [4.78, 5) is 22.5. The van der Waals surface area contributed by atoms with Crippen molar-refractivity contribution >= 4 is 17.4 Å². The predicted molar refractivity (Wildman–Crippen MR) is 82.8 cm³/mol. The molecule has 1 amide bonds. The van der Waals surface area contributed by atoms with Crippen LogP contribution in [-0.4, -0.2) is 11.7 Å². The van der Waals surface area contributed by atoms with Crippen molar-refractivity contribution < 1.29 is 14.0 Å². The molecule has 1 N–H and O–H groups in total. The standard InChI is InChI=1S/C17H24FNO2/c1-3-16(20)9-7-5-6-8-13-10-14(18)12-15(11-13)19-17(21)4-2/h10-12H,3-9H2,1-2H3,(H,19,21). The smallest absolute Gasteiger partial charge is 0.224 e. The molecule has 0 saturated carbocycles. The number of ketones is 1. The number of aryl methyl sites for hydroxylation is 1. The van der Waals surface area contributed by atoms with Crippen molar-refractivity contribution in [1.82, 2.24) is 0 Å². The zero-order chi connectivity index (χ0) is 15.7. The van der Waals surface area contributed by atoms with Gasteiger partial charge in [-0.25, -0.2) is 4.39 Å². The average Bonchev–Trinajstić information content (AvgIpc) is 2.45. The van der Waals surface area contributed by atoms with Crippen molar-refractivity contribution in [3.05, 3.63) is 29.6 Å². The monoisotopic (exact) mass is 293 g/mol. The number of hydrogen-bond acceptors (Lipinski definition) is 2. The normalized spacial score (nSPS) is 10.4. The van der Waals surface area contributed by atoms with Crippen molar-refractivity contribution in [2.75, 3.05) is 5.32 Å². The summed E-state index contributed by atoms with van der Waals surface area (Å²) in [6.07, 6.45) is 5.13. The van der Waals surface area contributed by atoms with E-state index in [2.05, 4.69) is 5.32 Å². The van der Waals surface area contributed by atoms with Crippen molar-refractivity contribution in [3.63, 3.8) is 0 Å².